The maximum absolute atomic E-state index is 6.22. The third-order valence-electron chi connectivity index (χ3n) is 5.18. The number of ether oxygens (including phenoxy) is 1. The minimum Gasteiger partial charge on any atom is -0.375 e. The van der Waals surface area contributed by atoms with Crippen LogP contribution in [0.2, 0.25) is 0 Å². The molecule has 1 heterocycles. The Bertz CT molecular complexity index is 451. The summed E-state index contributed by atoms with van der Waals surface area (Å²) in [6.07, 6.45) is 8.71. The Hall–Kier alpha value is -0.170. The third-order valence-corrected chi connectivity index (χ3v) is 5.90. The average molecular weight is 400 g/mol. The summed E-state index contributed by atoms with van der Waals surface area (Å²) in [5.74, 6) is 6.47. The molecule has 1 aliphatic carbocycles. The van der Waals surface area contributed by atoms with E-state index in [1.54, 1.807) is 0 Å². The van der Waals surface area contributed by atoms with Gasteiger partial charge in [0.05, 0.1) is 5.60 Å². The Kier molecular flexibility index (Phi) is 5.19. The van der Waals surface area contributed by atoms with Crippen LogP contribution in [-0.4, -0.2) is 12.2 Å². The Morgan fingerprint density at radius 1 is 1.19 bits per heavy atom. The molecule has 0 aromatic heterocycles. The predicted molar refractivity (Wildman–Crippen MR) is 93.7 cm³/mol. The molecular weight excluding hydrogens is 375 g/mol. The molecule has 21 heavy (non-hydrogen) atoms. The molecular formula is C17H25IN2O. The maximum atomic E-state index is 6.22. The van der Waals surface area contributed by atoms with Crippen LogP contribution >= 0.6 is 22.6 Å². The molecule has 3 rings (SSSR count). The summed E-state index contributed by atoms with van der Waals surface area (Å²) in [6.45, 7) is 0.882. The second-order valence-corrected chi connectivity index (χ2v) is 7.79. The molecule has 3 N–H and O–H groups in total. The highest BCUT2D eigenvalue weighted by atomic mass is 127. The van der Waals surface area contributed by atoms with Crippen molar-refractivity contribution in [2.24, 2.45) is 11.8 Å². The normalized spacial score (nSPS) is 26.7. The van der Waals surface area contributed by atoms with Gasteiger partial charge in [0, 0.05) is 16.2 Å². The van der Waals surface area contributed by atoms with Gasteiger partial charge in [0.1, 0.15) is 0 Å². The highest BCUT2D eigenvalue weighted by Gasteiger charge is 2.40. The predicted octanol–water partition coefficient (Wildman–Crippen LogP) is 3.93. The summed E-state index contributed by atoms with van der Waals surface area (Å²) in [5.41, 5.74) is 4.51. The number of halogens is 1. The second kappa shape index (κ2) is 6.94. The van der Waals surface area contributed by atoms with Crippen molar-refractivity contribution < 1.29 is 4.74 Å². The van der Waals surface area contributed by atoms with Crippen LogP contribution in [-0.2, 0) is 4.74 Å². The summed E-state index contributed by atoms with van der Waals surface area (Å²) in [6, 6.07) is 8.97. The van der Waals surface area contributed by atoms with Gasteiger partial charge in [0.25, 0.3) is 0 Å². The molecule has 0 amide bonds. The fourth-order valence-electron chi connectivity index (χ4n) is 4.07. The quantitative estimate of drug-likeness (QED) is 0.459. The van der Waals surface area contributed by atoms with Gasteiger partial charge in [0.2, 0.25) is 0 Å². The number of nitrogens with one attached hydrogen (secondary N) is 1. The monoisotopic (exact) mass is 400 g/mol. The van der Waals surface area contributed by atoms with E-state index < -0.39 is 0 Å². The van der Waals surface area contributed by atoms with Crippen molar-refractivity contribution in [3.63, 3.8) is 0 Å². The molecule has 1 aromatic rings. The first-order valence-corrected chi connectivity index (χ1v) is 9.16. The molecule has 0 radical (unpaired) electrons. The maximum Gasteiger partial charge on any atom is 0.0686 e. The van der Waals surface area contributed by atoms with Crippen molar-refractivity contribution in [3.05, 3.63) is 33.4 Å². The molecule has 4 heteroatoms. The van der Waals surface area contributed by atoms with Gasteiger partial charge in [0.15, 0.2) is 0 Å². The van der Waals surface area contributed by atoms with Crippen LogP contribution in [0.3, 0.4) is 0 Å². The zero-order chi connectivity index (χ0) is 14.7. The summed E-state index contributed by atoms with van der Waals surface area (Å²) in [4.78, 5) is 0. The molecule has 1 aromatic carbocycles. The van der Waals surface area contributed by atoms with E-state index in [1.165, 1.54) is 41.2 Å². The van der Waals surface area contributed by atoms with Crippen LogP contribution in [0.1, 0.15) is 56.6 Å². The molecule has 3 nitrogen and oxygen atoms in total. The minimum absolute atomic E-state index is 0.138. The fraction of sp³-hybridized carbons (Fsp3) is 0.647. The molecule has 1 aliphatic heterocycles. The van der Waals surface area contributed by atoms with E-state index in [0.29, 0.717) is 5.92 Å². The van der Waals surface area contributed by atoms with E-state index >= 15 is 0 Å². The van der Waals surface area contributed by atoms with Gasteiger partial charge >= 0.3 is 0 Å². The van der Waals surface area contributed by atoms with E-state index in [4.69, 9.17) is 10.6 Å². The Morgan fingerprint density at radius 2 is 1.90 bits per heavy atom. The van der Waals surface area contributed by atoms with Crippen LogP contribution in [0.5, 0.6) is 0 Å². The zero-order valence-electron chi connectivity index (χ0n) is 12.5. The molecule has 2 atom stereocenters. The lowest BCUT2D eigenvalue weighted by atomic mass is 9.73. The topological polar surface area (TPSA) is 47.3 Å². The smallest absolute Gasteiger partial charge is 0.0686 e. The van der Waals surface area contributed by atoms with E-state index in [0.717, 1.165) is 19.4 Å². The van der Waals surface area contributed by atoms with Crippen molar-refractivity contribution in [3.8, 4) is 0 Å². The lowest BCUT2D eigenvalue weighted by Crippen LogP contribution is -2.45. The molecule has 1 saturated carbocycles. The van der Waals surface area contributed by atoms with E-state index in [9.17, 15) is 0 Å². The van der Waals surface area contributed by atoms with Crippen LogP contribution in [0.25, 0.3) is 0 Å². The number of hydrogen-bond donors (Lipinski definition) is 2. The van der Waals surface area contributed by atoms with Gasteiger partial charge in [-0.1, -0.05) is 31.4 Å². The third kappa shape index (κ3) is 3.60. The summed E-state index contributed by atoms with van der Waals surface area (Å²) >= 11 is 2.34. The Balaban J connectivity index is 1.75. The number of nitrogens with two attached hydrogens (primary N) is 1. The fourth-order valence-corrected chi connectivity index (χ4v) is 4.43. The number of benzene rings is 1. The summed E-state index contributed by atoms with van der Waals surface area (Å²) < 4.78 is 7.48. The van der Waals surface area contributed by atoms with E-state index in [2.05, 4.69) is 52.3 Å². The second-order valence-electron chi connectivity index (χ2n) is 6.54. The van der Waals surface area contributed by atoms with Gasteiger partial charge in [-0.2, -0.15) is 0 Å². The SMILES string of the molecule is NNC(c1ccc(I)cc1)C1CCOC2(CCCCC2)C1. The van der Waals surface area contributed by atoms with Crippen molar-refractivity contribution >= 4 is 22.6 Å². The zero-order valence-corrected chi connectivity index (χ0v) is 14.6. The summed E-state index contributed by atoms with van der Waals surface area (Å²) in [7, 11) is 0. The lowest BCUT2D eigenvalue weighted by Gasteiger charge is -2.45. The first-order chi connectivity index (χ1) is 10.2. The van der Waals surface area contributed by atoms with Crippen molar-refractivity contribution in [2.75, 3.05) is 6.61 Å². The van der Waals surface area contributed by atoms with E-state index in [1.807, 2.05) is 0 Å². The van der Waals surface area contributed by atoms with Gasteiger partial charge in [-0.3, -0.25) is 11.3 Å². The van der Waals surface area contributed by atoms with Crippen molar-refractivity contribution in [2.45, 2.75) is 56.6 Å². The van der Waals surface area contributed by atoms with Gasteiger partial charge in [-0.05, 0) is 71.9 Å². The lowest BCUT2D eigenvalue weighted by molar-refractivity contribution is -0.122. The van der Waals surface area contributed by atoms with E-state index in [-0.39, 0.29) is 11.6 Å². The van der Waals surface area contributed by atoms with Crippen molar-refractivity contribution in [1.29, 1.82) is 0 Å². The number of rotatable bonds is 3. The van der Waals surface area contributed by atoms with Gasteiger partial charge in [-0.25, -0.2) is 0 Å². The first kappa shape index (κ1) is 15.7. The number of hydrazine groups is 1. The summed E-state index contributed by atoms with van der Waals surface area (Å²) in [5, 5.41) is 0. The molecule has 116 valence electrons. The highest BCUT2D eigenvalue weighted by Crippen LogP contribution is 2.44. The van der Waals surface area contributed by atoms with Gasteiger partial charge in [-0.15, -0.1) is 0 Å². The average Bonchev–Trinajstić information content (AvgIpc) is 2.51. The highest BCUT2D eigenvalue weighted by molar-refractivity contribution is 14.1. The van der Waals surface area contributed by atoms with Crippen LogP contribution < -0.4 is 11.3 Å². The molecule has 1 saturated heterocycles. The Labute approximate surface area is 141 Å². The number of hydrogen-bond acceptors (Lipinski definition) is 3. The van der Waals surface area contributed by atoms with Crippen LogP contribution in [0, 0.1) is 9.49 Å². The van der Waals surface area contributed by atoms with Crippen LogP contribution in [0.15, 0.2) is 24.3 Å². The molecule has 1 spiro atoms. The molecule has 2 unspecified atom stereocenters. The minimum atomic E-state index is 0.138. The van der Waals surface area contributed by atoms with Crippen molar-refractivity contribution in [1.82, 2.24) is 5.43 Å². The molecule has 0 bridgehead atoms. The molecule has 2 fully saturated rings. The first-order valence-electron chi connectivity index (χ1n) is 8.08. The molecule has 2 aliphatic rings. The van der Waals surface area contributed by atoms with Crippen LogP contribution in [0.4, 0.5) is 0 Å². The Morgan fingerprint density at radius 3 is 2.57 bits per heavy atom. The standard InChI is InChI=1S/C17H25IN2O/c18-15-6-4-13(5-7-15)16(20-19)14-8-11-21-17(12-14)9-2-1-3-10-17/h4-7,14,16,20H,1-3,8-12,19H2. The largest absolute Gasteiger partial charge is 0.375 e. The van der Waals surface area contributed by atoms with Gasteiger partial charge < -0.3 is 4.74 Å².